The monoisotopic (exact) mass is 410 g/mol. The Morgan fingerprint density at radius 1 is 1.00 bits per heavy atom. The maximum atomic E-state index is 12.8. The molecule has 0 atom stereocenters. The number of halogens is 3. The van der Waals surface area contributed by atoms with Gasteiger partial charge >= 0.3 is 5.69 Å². The average molecular weight is 412 g/mol. The van der Waals surface area contributed by atoms with Crippen molar-refractivity contribution in [2.45, 2.75) is 39.5 Å². The summed E-state index contributed by atoms with van der Waals surface area (Å²) in [5, 5.41) is 0.824. The maximum Gasteiger partial charge on any atom is 0.355 e. The normalized spacial score (nSPS) is 11.7. The Bertz CT molecular complexity index is 1030. The Morgan fingerprint density at radius 3 is 2.31 bits per heavy atom. The van der Waals surface area contributed by atoms with Gasteiger partial charge in [0.25, 0.3) is 0 Å². The molecule has 0 aromatic carbocycles. The summed E-state index contributed by atoms with van der Waals surface area (Å²) in [7, 11) is 0. The number of nitrogens with zero attached hydrogens (tertiary/aromatic N) is 4. The van der Waals surface area contributed by atoms with Crippen molar-refractivity contribution in [3.63, 3.8) is 0 Å². The van der Waals surface area contributed by atoms with Crippen LogP contribution in [0.25, 0.3) is 16.7 Å². The van der Waals surface area contributed by atoms with Crippen molar-refractivity contribution in [1.29, 1.82) is 0 Å². The van der Waals surface area contributed by atoms with Crippen molar-refractivity contribution >= 4 is 45.8 Å². The van der Waals surface area contributed by atoms with E-state index in [1.807, 2.05) is 19.9 Å². The lowest BCUT2D eigenvalue weighted by Gasteiger charge is -2.20. The molecule has 0 radical (unpaired) electrons. The summed E-state index contributed by atoms with van der Waals surface area (Å²) in [6.07, 6.45) is 1.75. The summed E-state index contributed by atoms with van der Waals surface area (Å²) in [6.45, 7) is 8.14. The molecular weight excluding hydrogens is 395 g/mol. The predicted octanol–water partition coefficient (Wildman–Crippen LogP) is 5.38. The van der Waals surface area contributed by atoms with E-state index in [9.17, 15) is 4.79 Å². The van der Waals surface area contributed by atoms with Crippen LogP contribution >= 0.6 is 34.8 Å². The molecule has 0 aliphatic heterocycles. The van der Waals surface area contributed by atoms with Crippen LogP contribution in [0.1, 0.15) is 50.8 Å². The lowest BCUT2D eigenvalue weighted by molar-refractivity contribution is 0.764. The minimum atomic E-state index is -0.537. The lowest BCUT2D eigenvalue weighted by Crippen LogP contribution is -2.26. The minimum Gasteiger partial charge on any atom is -0.259 e. The van der Waals surface area contributed by atoms with Gasteiger partial charge in [0.05, 0.1) is 21.8 Å². The number of pyridine rings is 2. The highest BCUT2D eigenvalue weighted by Crippen LogP contribution is 2.33. The first-order chi connectivity index (χ1) is 12.2. The molecule has 0 bridgehead atoms. The third kappa shape index (κ3) is 3.20. The van der Waals surface area contributed by atoms with E-state index >= 15 is 0 Å². The molecule has 0 N–H and O–H groups in total. The van der Waals surface area contributed by atoms with E-state index < -0.39 is 5.69 Å². The molecule has 136 valence electrons. The van der Waals surface area contributed by atoms with Gasteiger partial charge in [-0.15, -0.1) is 0 Å². The molecule has 3 aromatic heterocycles. The third-order valence-electron chi connectivity index (χ3n) is 4.11. The largest absolute Gasteiger partial charge is 0.355 e. The smallest absolute Gasteiger partial charge is 0.259 e. The summed E-state index contributed by atoms with van der Waals surface area (Å²) in [5.74, 6) is 0.245. The van der Waals surface area contributed by atoms with Crippen LogP contribution in [0.4, 0.5) is 0 Å². The molecule has 0 saturated carbocycles. The predicted molar refractivity (Wildman–Crippen MR) is 106 cm³/mol. The van der Waals surface area contributed by atoms with Crippen LogP contribution < -0.4 is 5.69 Å². The zero-order chi connectivity index (χ0) is 19.2. The zero-order valence-corrected chi connectivity index (χ0v) is 17.0. The van der Waals surface area contributed by atoms with Gasteiger partial charge in [-0.3, -0.25) is 4.98 Å². The van der Waals surface area contributed by atoms with Gasteiger partial charge in [0.2, 0.25) is 0 Å². The molecule has 3 aromatic rings. The highest BCUT2D eigenvalue weighted by Gasteiger charge is 2.22. The van der Waals surface area contributed by atoms with Gasteiger partial charge in [0.1, 0.15) is 10.3 Å². The molecule has 0 aliphatic carbocycles. The first-order valence-corrected chi connectivity index (χ1v) is 9.29. The summed E-state index contributed by atoms with van der Waals surface area (Å²) in [5.41, 5.74) is 2.18. The van der Waals surface area contributed by atoms with E-state index in [4.69, 9.17) is 34.8 Å². The maximum absolute atomic E-state index is 12.8. The van der Waals surface area contributed by atoms with E-state index in [1.165, 1.54) is 4.57 Å². The van der Waals surface area contributed by atoms with Crippen LogP contribution in [0.2, 0.25) is 15.3 Å². The molecular formula is C18H17Cl3N4O. The number of aromatic nitrogens is 4. The van der Waals surface area contributed by atoms with Crippen molar-refractivity contribution in [1.82, 2.24) is 19.5 Å². The average Bonchev–Trinajstić information content (AvgIpc) is 2.56. The van der Waals surface area contributed by atoms with Crippen LogP contribution in [0.3, 0.4) is 0 Å². The van der Waals surface area contributed by atoms with Gasteiger partial charge in [0, 0.05) is 6.20 Å². The van der Waals surface area contributed by atoms with Crippen molar-refractivity contribution in [3.05, 3.63) is 55.4 Å². The van der Waals surface area contributed by atoms with Crippen LogP contribution in [0.5, 0.6) is 0 Å². The van der Waals surface area contributed by atoms with Gasteiger partial charge in [-0.1, -0.05) is 62.5 Å². The van der Waals surface area contributed by atoms with Gasteiger partial charge in [-0.05, 0) is 29.5 Å². The van der Waals surface area contributed by atoms with Crippen LogP contribution in [0, 0.1) is 0 Å². The molecule has 0 fully saturated rings. The Hall–Kier alpha value is -1.69. The van der Waals surface area contributed by atoms with E-state index in [2.05, 4.69) is 28.8 Å². The van der Waals surface area contributed by atoms with Crippen molar-refractivity contribution in [2.24, 2.45) is 0 Å². The van der Waals surface area contributed by atoms with Crippen molar-refractivity contribution < 1.29 is 0 Å². The van der Waals surface area contributed by atoms with Crippen LogP contribution in [0.15, 0.2) is 23.1 Å². The van der Waals surface area contributed by atoms with E-state index in [0.29, 0.717) is 16.7 Å². The van der Waals surface area contributed by atoms with Crippen LogP contribution in [-0.4, -0.2) is 19.5 Å². The second-order valence-corrected chi connectivity index (χ2v) is 7.72. The van der Waals surface area contributed by atoms with E-state index in [0.717, 1.165) is 11.3 Å². The number of hydrogen-bond donors (Lipinski definition) is 0. The summed E-state index contributed by atoms with van der Waals surface area (Å²) >= 11 is 18.4. The van der Waals surface area contributed by atoms with Crippen LogP contribution in [-0.2, 0) is 0 Å². The van der Waals surface area contributed by atoms with Crippen molar-refractivity contribution in [3.8, 4) is 5.69 Å². The van der Waals surface area contributed by atoms with Crippen molar-refractivity contribution in [2.75, 3.05) is 0 Å². The fraction of sp³-hybridized carbons (Fsp3) is 0.333. The topological polar surface area (TPSA) is 60.7 Å². The molecule has 0 spiro atoms. The number of hydrogen-bond acceptors (Lipinski definition) is 4. The SMILES string of the molecule is CC(C)c1ccnc(C(C)C)c1-n1c(=O)nc(Cl)c2cc(Cl)c(Cl)nc21. The second-order valence-electron chi connectivity index (χ2n) is 6.60. The zero-order valence-electron chi connectivity index (χ0n) is 14.7. The Kier molecular flexibility index (Phi) is 5.24. The molecule has 3 heterocycles. The molecule has 0 unspecified atom stereocenters. The van der Waals surface area contributed by atoms with Gasteiger partial charge in [-0.25, -0.2) is 14.3 Å². The first kappa shape index (κ1) is 19.1. The number of fused-ring (bicyclic) bond motifs is 1. The second kappa shape index (κ2) is 7.14. The fourth-order valence-corrected chi connectivity index (χ4v) is 3.38. The summed E-state index contributed by atoms with van der Waals surface area (Å²) < 4.78 is 1.43. The summed E-state index contributed by atoms with van der Waals surface area (Å²) in [6, 6.07) is 3.47. The fourth-order valence-electron chi connectivity index (χ4n) is 2.88. The summed E-state index contributed by atoms with van der Waals surface area (Å²) in [4.78, 5) is 25.6. The Labute approximate surface area is 166 Å². The molecule has 3 rings (SSSR count). The first-order valence-electron chi connectivity index (χ1n) is 8.15. The minimum absolute atomic E-state index is 0.0356. The van der Waals surface area contributed by atoms with Gasteiger partial charge < -0.3 is 0 Å². The molecule has 0 amide bonds. The van der Waals surface area contributed by atoms with E-state index in [1.54, 1.807) is 12.3 Å². The molecule has 5 nitrogen and oxygen atoms in total. The molecule has 0 saturated heterocycles. The standard InChI is InChI=1S/C18H17Cl3N4O/c1-8(2)10-5-6-22-13(9(3)4)14(10)25-17-11(15(20)24-18(25)26)7-12(19)16(21)23-17/h5-9H,1-4H3. The third-order valence-corrected chi connectivity index (χ3v) is 5.07. The van der Waals surface area contributed by atoms with Gasteiger partial charge in [-0.2, -0.15) is 4.98 Å². The lowest BCUT2D eigenvalue weighted by atomic mass is 9.97. The Balaban J connectivity index is 2.55. The number of rotatable bonds is 3. The van der Waals surface area contributed by atoms with Gasteiger partial charge in [0.15, 0.2) is 5.65 Å². The molecule has 0 aliphatic rings. The highest BCUT2D eigenvalue weighted by atomic mass is 35.5. The Morgan fingerprint density at radius 2 is 1.69 bits per heavy atom. The highest BCUT2D eigenvalue weighted by molar-refractivity contribution is 6.42. The molecule has 8 heteroatoms. The van der Waals surface area contributed by atoms with E-state index in [-0.39, 0.29) is 27.2 Å². The quantitative estimate of drug-likeness (QED) is 0.428. The molecule has 26 heavy (non-hydrogen) atoms.